The van der Waals surface area contributed by atoms with E-state index in [9.17, 15) is 4.79 Å². The van der Waals surface area contributed by atoms with Gasteiger partial charge in [-0.05, 0) is 23.8 Å². The zero-order chi connectivity index (χ0) is 17.6. The van der Waals surface area contributed by atoms with E-state index in [4.69, 9.17) is 23.7 Å². The number of hydrogen-bond donors (Lipinski definition) is 0. The SMILES string of the molecule is COc1cc2c(cc1OC)Oc1c(OC)ccc3c1C(=C2)OC(=O)C3. The second kappa shape index (κ2) is 5.73. The molecule has 0 atom stereocenters. The molecule has 0 saturated carbocycles. The number of carbonyl (C=O) groups excluding carboxylic acids is 1. The van der Waals surface area contributed by atoms with Crippen molar-refractivity contribution in [3.63, 3.8) is 0 Å². The van der Waals surface area contributed by atoms with Crippen molar-refractivity contribution >= 4 is 17.8 Å². The first-order valence-electron chi connectivity index (χ1n) is 7.71. The van der Waals surface area contributed by atoms with Gasteiger partial charge in [-0.25, -0.2) is 0 Å². The highest BCUT2D eigenvalue weighted by atomic mass is 16.5. The van der Waals surface area contributed by atoms with Crippen LogP contribution in [0.1, 0.15) is 16.7 Å². The lowest BCUT2D eigenvalue weighted by Gasteiger charge is -2.21. The van der Waals surface area contributed by atoms with Crippen LogP contribution in [0.2, 0.25) is 0 Å². The number of fused-ring (bicyclic) bond motifs is 1. The predicted molar refractivity (Wildman–Crippen MR) is 90.3 cm³/mol. The molecule has 2 aromatic carbocycles. The van der Waals surface area contributed by atoms with E-state index in [1.54, 1.807) is 45.6 Å². The molecule has 0 aliphatic carbocycles. The van der Waals surface area contributed by atoms with Crippen molar-refractivity contribution < 1.29 is 28.5 Å². The van der Waals surface area contributed by atoms with Crippen LogP contribution in [0, 0.1) is 0 Å². The van der Waals surface area contributed by atoms with Crippen molar-refractivity contribution in [2.24, 2.45) is 0 Å². The molecule has 0 fully saturated rings. The van der Waals surface area contributed by atoms with Crippen LogP contribution in [0.5, 0.6) is 28.7 Å². The Bertz CT molecular complexity index is 913. The minimum Gasteiger partial charge on any atom is -0.493 e. The molecule has 2 heterocycles. The molecule has 2 aliphatic heterocycles. The molecular weight excluding hydrogens is 324 g/mol. The first-order chi connectivity index (χ1) is 12.1. The molecule has 2 aliphatic rings. The Morgan fingerprint density at radius 1 is 0.920 bits per heavy atom. The summed E-state index contributed by atoms with van der Waals surface area (Å²) in [5.74, 6) is 2.87. The summed E-state index contributed by atoms with van der Waals surface area (Å²) in [4.78, 5) is 12.0. The van der Waals surface area contributed by atoms with Crippen LogP contribution in [-0.2, 0) is 16.0 Å². The van der Waals surface area contributed by atoms with Gasteiger partial charge in [-0.15, -0.1) is 0 Å². The van der Waals surface area contributed by atoms with Gasteiger partial charge < -0.3 is 23.7 Å². The van der Waals surface area contributed by atoms with Gasteiger partial charge in [-0.3, -0.25) is 4.79 Å². The summed E-state index contributed by atoms with van der Waals surface area (Å²) in [5, 5.41) is 0. The van der Waals surface area contributed by atoms with Gasteiger partial charge in [0.15, 0.2) is 23.0 Å². The van der Waals surface area contributed by atoms with Crippen LogP contribution in [-0.4, -0.2) is 27.3 Å². The van der Waals surface area contributed by atoms with Crippen molar-refractivity contribution in [1.82, 2.24) is 0 Å². The Morgan fingerprint density at radius 3 is 2.36 bits per heavy atom. The van der Waals surface area contributed by atoms with Gasteiger partial charge in [-0.2, -0.15) is 0 Å². The maximum absolute atomic E-state index is 12.0. The highest BCUT2D eigenvalue weighted by Gasteiger charge is 2.31. The van der Waals surface area contributed by atoms with Crippen LogP contribution in [0.15, 0.2) is 24.3 Å². The highest BCUT2D eigenvalue weighted by Crippen LogP contribution is 2.49. The third-order valence-corrected chi connectivity index (χ3v) is 4.25. The maximum Gasteiger partial charge on any atom is 0.315 e. The maximum atomic E-state index is 12.0. The second-order valence-electron chi connectivity index (χ2n) is 5.64. The average Bonchev–Trinajstić information content (AvgIpc) is 2.77. The van der Waals surface area contributed by atoms with E-state index in [0.717, 1.165) is 11.1 Å². The summed E-state index contributed by atoms with van der Waals surface area (Å²) in [6.07, 6.45) is 1.96. The van der Waals surface area contributed by atoms with E-state index in [1.807, 2.05) is 6.07 Å². The van der Waals surface area contributed by atoms with Crippen LogP contribution < -0.4 is 18.9 Å². The van der Waals surface area contributed by atoms with Crippen molar-refractivity contribution in [1.29, 1.82) is 0 Å². The number of ether oxygens (including phenoxy) is 5. The van der Waals surface area contributed by atoms with Gasteiger partial charge in [0.25, 0.3) is 0 Å². The fourth-order valence-electron chi connectivity index (χ4n) is 3.08. The first kappa shape index (κ1) is 15.4. The highest BCUT2D eigenvalue weighted by molar-refractivity contribution is 5.95. The summed E-state index contributed by atoms with van der Waals surface area (Å²) < 4.78 is 27.8. The predicted octanol–water partition coefficient (Wildman–Crippen LogP) is 3.42. The largest absolute Gasteiger partial charge is 0.493 e. The van der Waals surface area contributed by atoms with E-state index in [-0.39, 0.29) is 12.4 Å². The van der Waals surface area contributed by atoms with E-state index in [2.05, 4.69) is 0 Å². The van der Waals surface area contributed by atoms with Crippen molar-refractivity contribution in [3.05, 3.63) is 41.0 Å². The standard InChI is InChI=1S/C19H16O6/c1-21-12-5-4-10-8-17(20)24-16-7-11-6-14(22-2)15(23-3)9-13(11)25-19(12)18(10)16/h4-7,9H,8H2,1-3H3. The fraction of sp³-hybridized carbons (Fsp3) is 0.211. The number of esters is 1. The topological polar surface area (TPSA) is 63.2 Å². The van der Waals surface area contributed by atoms with E-state index >= 15 is 0 Å². The second-order valence-corrected chi connectivity index (χ2v) is 5.64. The molecular formula is C19H16O6. The zero-order valence-corrected chi connectivity index (χ0v) is 14.0. The third-order valence-electron chi connectivity index (χ3n) is 4.25. The first-order valence-corrected chi connectivity index (χ1v) is 7.71. The Hall–Kier alpha value is -3.15. The molecule has 0 radical (unpaired) electrons. The molecule has 6 nitrogen and oxygen atoms in total. The number of hydrogen-bond acceptors (Lipinski definition) is 6. The summed E-state index contributed by atoms with van der Waals surface area (Å²) >= 11 is 0. The van der Waals surface area contributed by atoms with E-state index in [1.165, 1.54) is 0 Å². The van der Waals surface area contributed by atoms with Crippen LogP contribution in [0.25, 0.3) is 11.8 Å². The van der Waals surface area contributed by atoms with Crippen LogP contribution in [0.3, 0.4) is 0 Å². The normalized spacial score (nSPS) is 14.2. The lowest BCUT2D eigenvalue weighted by Crippen LogP contribution is -2.16. The van der Waals surface area contributed by atoms with Gasteiger partial charge in [0.1, 0.15) is 11.5 Å². The minimum absolute atomic E-state index is 0.190. The third kappa shape index (κ3) is 2.38. The summed E-state index contributed by atoms with van der Waals surface area (Å²) in [6.45, 7) is 0. The lowest BCUT2D eigenvalue weighted by molar-refractivity contribution is -0.136. The molecule has 4 rings (SSSR count). The van der Waals surface area contributed by atoms with Crippen molar-refractivity contribution in [2.45, 2.75) is 6.42 Å². The van der Waals surface area contributed by atoms with Crippen molar-refractivity contribution in [2.75, 3.05) is 21.3 Å². The smallest absolute Gasteiger partial charge is 0.315 e. The Balaban J connectivity index is 2.00. The molecule has 0 aromatic heterocycles. The van der Waals surface area contributed by atoms with Crippen molar-refractivity contribution in [3.8, 4) is 28.7 Å². The quantitative estimate of drug-likeness (QED) is 0.798. The molecule has 6 heteroatoms. The Labute approximate surface area is 144 Å². The Morgan fingerprint density at radius 2 is 1.64 bits per heavy atom. The van der Waals surface area contributed by atoms with Gasteiger partial charge in [0, 0.05) is 11.6 Å². The summed E-state index contributed by atoms with van der Waals surface area (Å²) in [5.41, 5.74) is 2.28. The molecule has 0 amide bonds. The molecule has 128 valence electrons. The minimum atomic E-state index is -0.307. The number of benzene rings is 2. The monoisotopic (exact) mass is 340 g/mol. The zero-order valence-electron chi connectivity index (χ0n) is 14.0. The van der Waals surface area contributed by atoms with Gasteiger partial charge in [0.2, 0.25) is 0 Å². The van der Waals surface area contributed by atoms with E-state index < -0.39 is 0 Å². The molecule has 25 heavy (non-hydrogen) atoms. The number of rotatable bonds is 3. The molecule has 0 bridgehead atoms. The van der Waals surface area contributed by atoms with Gasteiger partial charge in [0.05, 0.1) is 33.3 Å². The lowest BCUT2D eigenvalue weighted by atomic mass is 9.98. The number of carbonyl (C=O) groups is 1. The molecule has 2 aromatic rings. The molecule has 0 N–H and O–H groups in total. The number of methoxy groups -OCH3 is 3. The summed E-state index contributed by atoms with van der Waals surface area (Å²) in [7, 11) is 4.69. The van der Waals surface area contributed by atoms with E-state index in [0.29, 0.717) is 40.1 Å². The molecule has 0 spiro atoms. The fourth-order valence-corrected chi connectivity index (χ4v) is 3.08. The summed E-state index contributed by atoms with van der Waals surface area (Å²) in [6, 6.07) is 7.16. The molecule has 0 saturated heterocycles. The average molecular weight is 340 g/mol. The van der Waals surface area contributed by atoms with Crippen LogP contribution in [0.4, 0.5) is 0 Å². The molecule has 0 unspecified atom stereocenters. The van der Waals surface area contributed by atoms with Crippen LogP contribution >= 0.6 is 0 Å². The Kier molecular flexibility index (Phi) is 3.53. The van der Waals surface area contributed by atoms with Gasteiger partial charge in [-0.1, -0.05) is 6.07 Å². The van der Waals surface area contributed by atoms with Gasteiger partial charge >= 0.3 is 5.97 Å².